The minimum atomic E-state index is 0.0263. The van der Waals surface area contributed by atoms with Crippen molar-refractivity contribution in [3.63, 3.8) is 0 Å². The molecular weight excluding hydrogens is 332 g/mol. The molecule has 0 bridgehead atoms. The van der Waals surface area contributed by atoms with Crippen LogP contribution in [0.3, 0.4) is 0 Å². The van der Waals surface area contributed by atoms with Crippen LogP contribution < -0.4 is 5.32 Å². The Labute approximate surface area is 154 Å². The molecule has 5 nitrogen and oxygen atoms in total. The van der Waals surface area contributed by atoms with Crippen LogP contribution in [0.1, 0.15) is 46.6 Å². The Hall–Kier alpha value is -1.82. The van der Waals surface area contributed by atoms with E-state index in [0.29, 0.717) is 5.75 Å². The summed E-state index contributed by atoms with van der Waals surface area (Å²) in [5, 5.41) is 12.2. The van der Waals surface area contributed by atoms with Gasteiger partial charge in [0.1, 0.15) is 0 Å². The second-order valence-corrected chi connectivity index (χ2v) is 8.30. The van der Waals surface area contributed by atoms with E-state index in [0.717, 1.165) is 23.0 Å². The molecule has 0 aliphatic carbocycles. The number of amides is 1. The first-order valence-corrected chi connectivity index (χ1v) is 9.63. The van der Waals surface area contributed by atoms with E-state index in [4.69, 9.17) is 0 Å². The van der Waals surface area contributed by atoms with Gasteiger partial charge in [-0.1, -0.05) is 63.7 Å². The average molecular weight is 361 g/mol. The summed E-state index contributed by atoms with van der Waals surface area (Å²) in [4.78, 5) is 11.9. The quantitative estimate of drug-likeness (QED) is 0.796. The zero-order valence-electron chi connectivity index (χ0n) is 16.0. The molecule has 1 amide bonds. The van der Waals surface area contributed by atoms with Crippen LogP contribution >= 0.6 is 11.8 Å². The number of carbonyl (C=O) groups excluding carboxylic acids is 1. The van der Waals surface area contributed by atoms with Gasteiger partial charge in [-0.25, -0.2) is 0 Å². The third-order valence-electron chi connectivity index (χ3n) is 4.20. The van der Waals surface area contributed by atoms with Crippen molar-refractivity contribution < 1.29 is 4.79 Å². The number of nitrogens with zero attached hydrogens (tertiary/aromatic N) is 3. The number of aromatic nitrogens is 3. The lowest BCUT2D eigenvalue weighted by Gasteiger charge is -2.19. The normalized spacial score (nSPS) is 12.9. The first kappa shape index (κ1) is 19.5. The molecule has 0 radical (unpaired) electrons. The molecule has 2 aromatic rings. The van der Waals surface area contributed by atoms with Crippen molar-refractivity contribution in [2.45, 2.75) is 57.7 Å². The van der Waals surface area contributed by atoms with Gasteiger partial charge in [0.15, 0.2) is 11.0 Å². The second-order valence-electron chi connectivity index (χ2n) is 7.36. The van der Waals surface area contributed by atoms with Crippen molar-refractivity contribution in [3.8, 4) is 11.4 Å². The van der Waals surface area contributed by atoms with Gasteiger partial charge in [0, 0.05) is 18.7 Å². The molecule has 1 aromatic heterocycles. The standard InChI is InChI=1S/C19H28N4OS/c1-7-13(2)20-16(24)12-25-18-22-21-17(23(18)6)14-8-10-15(11-9-14)19(3,4)5/h8-11,13H,7,12H2,1-6H3,(H,20,24)/t13-/m1/s1. The Morgan fingerprint density at radius 1 is 1.24 bits per heavy atom. The fourth-order valence-corrected chi connectivity index (χ4v) is 3.08. The highest BCUT2D eigenvalue weighted by Crippen LogP contribution is 2.26. The number of rotatable bonds is 6. The molecule has 0 aliphatic heterocycles. The summed E-state index contributed by atoms with van der Waals surface area (Å²) >= 11 is 1.41. The van der Waals surface area contributed by atoms with Crippen LogP contribution in [0.2, 0.25) is 0 Å². The minimum absolute atomic E-state index is 0.0263. The molecule has 0 spiro atoms. The fourth-order valence-electron chi connectivity index (χ4n) is 2.36. The number of hydrogen-bond acceptors (Lipinski definition) is 4. The maximum Gasteiger partial charge on any atom is 0.230 e. The lowest BCUT2D eigenvalue weighted by Crippen LogP contribution is -2.33. The summed E-state index contributed by atoms with van der Waals surface area (Å²) in [6.07, 6.45) is 0.926. The van der Waals surface area contributed by atoms with E-state index in [1.807, 2.05) is 18.5 Å². The molecule has 2 rings (SSSR count). The van der Waals surface area contributed by atoms with Crippen molar-refractivity contribution in [1.29, 1.82) is 0 Å². The Balaban J connectivity index is 2.07. The van der Waals surface area contributed by atoms with Crippen LogP contribution in [0, 0.1) is 0 Å². The lowest BCUT2D eigenvalue weighted by atomic mass is 9.87. The maximum absolute atomic E-state index is 11.9. The van der Waals surface area contributed by atoms with E-state index < -0.39 is 0 Å². The average Bonchev–Trinajstić information content (AvgIpc) is 2.93. The van der Waals surface area contributed by atoms with Crippen molar-refractivity contribution in [2.24, 2.45) is 7.05 Å². The summed E-state index contributed by atoms with van der Waals surface area (Å²) in [5.74, 6) is 1.18. The molecule has 1 heterocycles. The molecule has 0 saturated heterocycles. The molecule has 136 valence electrons. The van der Waals surface area contributed by atoms with Gasteiger partial charge in [-0.2, -0.15) is 0 Å². The zero-order chi connectivity index (χ0) is 18.6. The first-order valence-electron chi connectivity index (χ1n) is 8.64. The number of benzene rings is 1. The Kier molecular flexibility index (Phi) is 6.27. The number of nitrogens with one attached hydrogen (secondary N) is 1. The molecule has 1 aromatic carbocycles. The zero-order valence-corrected chi connectivity index (χ0v) is 16.8. The van der Waals surface area contributed by atoms with Crippen LogP contribution in [0.4, 0.5) is 0 Å². The van der Waals surface area contributed by atoms with E-state index in [9.17, 15) is 4.79 Å². The SMILES string of the molecule is CC[C@@H](C)NC(=O)CSc1nnc(-c2ccc(C(C)(C)C)cc2)n1C. The molecule has 0 aliphatic rings. The van der Waals surface area contributed by atoms with E-state index in [-0.39, 0.29) is 17.4 Å². The minimum Gasteiger partial charge on any atom is -0.353 e. The Morgan fingerprint density at radius 3 is 2.44 bits per heavy atom. The smallest absolute Gasteiger partial charge is 0.230 e. The predicted octanol–water partition coefficient (Wildman–Crippen LogP) is 3.79. The molecule has 1 N–H and O–H groups in total. The third kappa shape index (κ3) is 5.08. The topological polar surface area (TPSA) is 59.8 Å². The van der Waals surface area contributed by atoms with E-state index >= 15 is 0 Å². The summed E-state index contributed by atoms with van der Waals surface area (Å²) in [6.45, 7) is 10.7. The highest BCUT2D eigenvalue weighted by Gasteiger charge is 2.16. The third-order valence-corrected chi connectivity index (χ3v) is 5.22. The van der Waals surface area contributed by atoms with Gasteiger partial charge < -0.3 is 9.88 Å². The van der Waals surface area contributed by atoms with Crippen molar-refractivity contribution in [2.75, 3.05) is 5.75 Å². The Morgan fingerprint density at radius 2 is 1.88 bits per heavy atom. The summed E-state index contributed by atoms with van der Waals surface area (Å²) in [7, 11) is 1.93. The van der Waals surface area contributed by atoms with Gasteiger partial charge in [-0.05, 0) is 24.3 Å². The van der Waals surface area contributed by atoms with Gasteiger partial charge >= 0.3 is 0 Å². The second kappa shape index (κ2) is 8.04. The lowest BCUT2D eigenvalue weighted by molar-refractivity contribution is -0.119. The van der Waals surface area contributed by atoms with Crippen LogP contribution in [0.25, 0.3) is 11.4 Å². The highest BCUT2D eigenvalue weighted by molar-refractivity contribution is 7.99. The van der Waals surface area contributed by atoms with Crippen molar-refractivity contribution >= 4 is 17.7 Å². The summed E-state index contributed by atoms with van der Waals surface area (Å²) in [6, 6.07) is 8.63. The van der Waals surface area contributed by atoms with Gasteiger partial charge in [-0.15, -0.1) is 10.2 Å². The fraction of sp³-hybridized carbons (Fsp3) is 0.526. The Bertz CT molecular complexity index is 716. The first-order chi connectivity index (χ1) is 11.7. The maximum atomic E-state index is 11.9. The van der Waals surface area contributed by atoms with Gasteiger partial charge in [0.2, 0.25) is 5.91 Å². The van der Waals surface area contributed by atoms with Crippen LogP contribution in [-0.4, -0.2) is 32.5 Å². The highest BCUT2D eigenvalue weighted by atomic mass is 32.2. The van der Waals surface area contributed by atoms with E-state index in [1.54, 1.807) is 0 Å². The molecule has 25 heavy (non-hydrogen) atoms. The van der Waals surface area contributed by atoms with Crippen LogP contribution in [0.5, 0.6) is 0 Å². The predicted molar refractivity (Wildman–Crippen MR) is 104 cm³/mol. The molecule has 0 unspecified atom stereocenters. The van der Waals surface area contributed by atoms with Crippen LogP contribution in [0.15, 0.2) is 29.4 Å². The summed E-state index contributed by atoms with van der Waals surface area (Å²) in [5.41, 5.74) is 2.44. The van der Waals surface area contributed by atoms with Crippen molar-refractivity contribution in [3.05, 3.63) is 29.8 Å². The van der Waals surface area contributed by atoms with Gasteiger partial charge in [0.05, 0.1) is 5.75 Å². The molecule has 6 heteroatoms. The van der Waals surface area contributed by atoms with E-state index in [1.165, 1.54) is 17.3 Å². The largest absolute Gasteiger partial charge is 0.353 e. The monoisotopic (exact) mass is 360 g/mol. The molecule has 1 atom stereocenters. The van der Waals surface area contributed by atoms with Crippen LogP contribution in [-0.2, 0) is 17.3 Å². The molecule has 0 saturated carbocycles. The van der Waals surface area contributed by atoms with Crippen molar-refractivity contribution in [1.82, 2.24) is 20.1 Å². The number of hydrogen-bond donors (Lipinski definition) is 1. The van der Waals surface area contributed by atoms with Gasteiger partial charge in [0.25, 0.3) is 0 Å². The van der Waals surface area contributed by atoms with E-state index in [2.05, 4.69) is 67.5 Å². The number of carbonyl (C=O) groups is 1. The van der Waals surface area contributed by atoms with Gasteiger partial charge in [-0.3, -0.25) is 4.79 Å². The summed E-state index contributed by atoms with van der Waals surface area (Å²) < 4.78 is 1.94. The molecule has 0 fully saturated rings. The number of thioether (sulfide) groups is 1. The molecular formula is C19H28N4OS.